The van der Waals surface area contributed by atoms with Gasteiger partial charge in [-0.25, -0.2) is 0 Å². The lowest BCUT2D eigenvalue weighted by Crippen LogP contribution is -2.43. The maximum absolute atomic E-state index is 13.3. The van der Waals surface area contributed by atoms with E-state index in [0.29, 0.717) is 0 Å². The van der Waals surface area contributed by atoms with Crippen LogP contribution in [0.15, 0.2) is 0 Å². The Kier molecular flexibility index (Phi) is 4.46. The number of aliphatic hydroxyl groups is 4. The van der Waals surface area contributed by atoms with Gasteiger partial charge in [-0.05, 0) is 0 Å². The zero-order chi connectivity index (χ0) is 14.3. The quantitative estimate of drug-likeness (QED) is 0.314. The molecule has 0 bridgehead atoms. The first-order chi connectivity index (χ1) is 8.04. The Morgan fingerprint density at radius 1 is 1.28 bits per heavy atom. The second kappa shape index (κ2) is 5.06. The highest BCUT2D eigenvalue weighted by Crippen LogP contribution is 2.57. The SMILES string of the molecule is O=P(O)(O)C(F)(F)[C@@H]1O[C@@H]([C@H](O)CO)[C@H](O)[C@H]1O. The van der Waals surface area contributed by atoms with Crippen molar-refractivity contribution in [2.45, 2.75) is 36.2 Å². The Morgan fingerprint density at radius 2 is 1.78 bits per heavy atom. The van der Waals surface area contributed by atoms with Gasteiger partial charge in [0.1, 0.15) is 24.4 Å². The minimum atomic E-state index is -5.92. The van der Waals surface area contributed by atoms with E-state index in [1.54, 1.807) is 0 Å². The zero-order valence-electron chi connectivity index (χ0n) is 8.80. The van der Waals surface area contributed by atoms with Crippen molar-refractivity contribution in [1.82, 2.24) is 0 Å². The first-order valence-corrected chi connectivity index (χ1v) is 6.39. The van der Waals surface area contributed by atoms with Crippen LogP contribution < -0.4 is 0 Å². The molecule has 1 aliphatic rings. The van der Waals surface area contributed by atoms with Gasteiger partial charge >= 0.3 is 13.3 Å². The van der Waals surface area contributed by atoms with Crippen LogP contribution in [0.25, 0.3) is 0 Å². The molecule has 0 amide bonds. The summed E-state index contributed by atoms with van der Waals surface area (Å²) in [5.74, 6) is 0. The molecule has 108 valence electrons. The van der Waals surface area contributed by atoms with Gasteiger partial charge in [0.15, 0.2) is 6.10 Å². The highest BCUT2D eigenvalue weighted by atomic mass is 31.2. The van der Waals surface area contributed by atoms with Crippen molar-refractivity contribution in [2.24, 2.45) is 0 Å². The first kappa shape index (κ1) is 15.9. The molecule has 1 saturated heterocycles. The van der Waals surface area contributed by atoms with Gasteiger partial charge in [-0.15, -0.1) is 0 Å². The van der Waals surface area contributed by atoms with Crippen LogP contribution in [0.3, 0.4) is 0 Å². The Hall–Kier alpha value is -0.190. The topological polar surface area (TPSA) is 148 Å². The van der Waals surface area contributed by atoms with Gasteiger partial charge in [0.25, 0.3) is 0 Å². The smallest absolute Gasteiger partial charge is 0.394 e. The zero-order valence-corrected chi connectivity index (χ0v) is 9.69. The number of ether oxygens (including phenoxy) is 1. The monoisotopic (exact) mass is 294 g/mol. The highest BCUT2D eigenvalue weighted by molar-refractivity contribution is 7.53. The van der Waals surface area contributed by atoms with Crippen molar-refractivity contribution < 1.29 is 48.3 Å². The van der Waals surface area contributed by atoms with Gasteiger partial charge in [0.2, 0.25) is 0 Å². The van der Waals surface area contributed by atoms with E-state index in [-0.39, 0.29) is 0 Å². The summed E-state index contributed by atoms with van der Waals surface area (Å²) in [5, 5.41) is 36.3. The number of alkyl halides is 2. The van der Waals surface area contributed by atoms with E-state index in [9.17, 15) is 23.6 Å². The van der Waals surface area contributed by atoms with Crippen molar-refractivity contribution in [3.05, 3.63) is 0 Å². The van der Waals surface area contributed by atoms with Crippen molar-refractivity contribution >= 4 is 7.60 Å². The predicted octanol–water partition coefficient (Wildman–Crippen LogP) is -2.40. The average Bonchev–Trinajstić information content (AvgIpc) is 2.54. The largest absolute Gasteiger partial charge is 0.397 e. The third kappa shape index (κ3) is 2.56. The summed E-state index contributed by atoms with van der Waals surface area (Å²) in [5.41, 5.74) is -4.72. The number of aliphatic hydroxyl groups excluding tert-OH is 4. The van der Waals surface area contributed by atoms with Gasteiger partial charge in [-0.3, -0.25) is 4.57 Å². The molecule has 6 N–H and O–H groups in total. The van der Waals surface area contributed by atoms with E-state index in [0.717, 1.165) is 0 Å². The first-order valence-electron chi connectivity index (χ1n) is 4.78. The molecule has 0 radical (unpaired) electrons. The summed E-state index contributed by atoms with van der Waals surface area (Å²) in [7, 11) is -5.92. The van der Waals surface area contributed by atoms with Gasteiger partial charge in [0, 0.05) is 0 Å². The fourth-order valence-corrected chi connectivity index (χ4v) is 2.12. The summed E-state index contributed by atoms with van der Waals surface area (Å²) < 4.78 is 41.6. The van der Waals surface area contributed by atoms with E-state index in [1.807, 2.05) is 0 Å². The number of hydrogen-bond donors (Lipinski definition) is 6. The van der Waals surface area contributed by atoms with Crippen molar-refractivity contribution in [1.29, 1.82) is 0 Å². The van der Waals surface area contributed by atoms with Crippen LogP contribution in [-0.2, 0) is 9.30 Å². The Bertz CT molecular complexity index is 346. The summed E-state index contributed by atoms with van der Waals surface area (Å²) in [6.45, 7) is -0.942. The van der Waals surface area contributed by atoms with Gasteiger partial charge in [-0.1, -0.05) is 0 Å². The molecule has 0 saturated carbocycles. The highest BCUT2D eigenvalue weighted by Gasteiger charge is 2.64. The van der Waals surface area contributed by atoms with Gasteiger partial charge < -0.3 is 34.9 Å². The molecule has 11 heteroatoms. The summed E-state index contributed by atoms with van der Waals surface area (Å²) in [4.78, 5) is 16.9. The lowest BCUT2D eigenvalue weighted by atomic mass is 10.0. The molecular formula is C7H13F2O8P. The van der Waals surface area contributed by atoms with Crippen molar-refractivity contribution in [3.63, 3.8) is 0 Å². The molecule has 5 atom stereocenters. The molecule has 18 heavy (non-hydrogen) atoms. The molecule has 1 aliphatic heterocycles. The molecule has 0 unspecified atom stereocenters. The summed E-state index contributed by atoms with van der Waals surface area (Å²) >= 11 is 0. The summed E-state index contributed by atoms with van der Waals surface area (Å²) in [6, 6.07) is 0. The Morgan fingerprint density at radius 3 is 2.17 bits per heavy atom. The molecule has 0 aromatic rings. The van der Waals surface area contributed by atoms with Crippen LogP contribution in [0.4, 0.5) is 8.78 Å². The minimum Gasteiger partial charge on any atom is -0.394 e. The minimum absolute atomic E-state index is 0.942. The van der Waals surface area contributed by atoms with Gasteiger partial charge in [-0.2, -0.15) is 8.78 Å². The maximum Gasteiger partial charge on any atom is 0.397 e. The van der Waals surface area contributed by atoms with Crippen LogP contribution in [0.5, 0.6) is 0 Å². The van der Waals surface area contributed by atoms with E-state index in [4.69, 9.17) is 20.0 Å². The van der Waals surface area contributed by atoms with Crippen molar-refractivity contribution in [2.75, 3.05) is 6.61 Å². The maximum atomic E-state index is 13.3. The van der Waals surface area contributed by atoms with E-state index < -0.39 is 50.4 Å². The second-order valence-electron chi connectivity index (χ2n) is 3.88. The van der Waals surface area contributed by atoms with Crippen LogP contribution in [0, 0.1) is 0 Å². The lowest BCUT2D eigenvalue weighted by molar-refractivity contribution is -0.137. The molecule has 0 spiro atoms. The molecular weight excluding hydrogens is 281 g/mol. The molecule has 1 heterocycles. The van der Waals surface area contributed by atoms with Crippen LogP contribution in [0.1, 0.15) is 0 Å². The predicted molar refractivity (Wildman–Crippen MR) is 50.8 cm³/mol. The molecule has 0 aromatic heterocycles. The van der Waals surface area contributed by atoms with E-state index in [1.165, 1.54) is 0 Å². The third-order valence-electron chi connectivity index (χ3n) is 2.60. The average molecular weight is 294 g/mol. The van der Waals surface area contributed by atoms with E-state index in [2.05, 4.69) is 4.74 Å². The fourth-order valence-electron chi connectivity index (χ4n) is 1.58. The Labute approximate surface area is 99.6 Å². The summed E-state index contributed by atoms with van der Waals surface area (Å²) in [6.07, 6.45) is -10.5. The van der Waals surface area contributed by atoms with Gasteiger partial charge in [0.05, 0.1) is 6.61 Å². The van der Waals surface area contributed by atoms with Crippen molar-refractivity contribution in [3.8, 4) is 0 Å². The number of halogens is 2. The molecule has 1 fully saturated rings. The molecule has 0 aromatic carbocycles. The normalized spacial score (nSPS) is 35.8. The number of rotatable bonds is 4. The molecule has 0 aliphatic carbocycles. The fraction of sp³-hybridized carbons (Fsp3) is 1.00. The number of hydrogen-bond acceptors (Lipinski definition) is 6. The standard InChI is InChI=1S/C7H13F2O8P/c8-7(9,18(14,15)16)6-4(13)3(12)5(17-6)2(11)1-10/h2-6,10-13H,1H2,(H2,14,15,16)/t2-,3-,4-,5+,6-/m1/s1. The second-order valence-corrected chi connectivity index (χ2v) is 5.57. The van der Waals surface area contributed by atoms with Crippen LogP contribution >= 0.6 is 7.60 Å². The van der Waals surface area contributed by atoms with E-state index >= 15 is 0 Å². The molecule has 8 nitrogen and oxygen atoms in total. The Balaban J connectivity index is 2.98. The van der Waals surface area contributed by atoms with Crippen LogP contribution in [0.2, 0.25) is 0 Å². The third-order valence-corrected chi connectivity index (χ3v) is 3.63. The lowest BCUT2D eigenvalue weighted by Gasteiger charge is -2.25. The van der Waals surface area contributed by atoms with Crippen LogP contribution in [-0.4, -0.2) is 73.0 Å². The molecule has 1 rings (SSSR count).